The molecule has 2 aromatic heterocycles. The lowest BCUT2D eigenvalue weighted by Crippen LogP contribution is -2.43. The molecule has 29 heavy (non-hydrogen) atoms. The number of aromatic amines is 1. The van der Waals surface area contributed by atoms with Crippen LogP contribution in [0.15, 0.2) is 35.5 Å². The molecule has 0 aliphatic carbocycles. The van der Waals surface area contributed by atoms with Crippen LogP contribution in [0.1, 0.15) is 35.9 Å². The van der Waals surface area contributed by atoms with Gasteiger partial charge in [0.1, 0.15) is 0 Å². The maximum Gasteiger partial charge on any atom is 0.191 e. The van der Waals surface area contributed by atoms with Crippen molar-refractivity contribution in [2.75, 3.05) is 13.6 Å². The molecule has 0 radical (unpaired) electrons. The first-order chi connectivity index (χ1) is 13.5. The summed E-state index contributed by atoms with van der Waals surface area (Å²) < 4.78 is 1.95. The van der Waals surface area contributed by atoms with Gasteiger partial charge in [-0.2, -0.15) is 5.10 Å². The van der Waals surface area contributed by atoms with Crippen LogP contribution < -0.4 is 10.6 Å². The Morgan fingerprint density at radius 3 is 2.72 bits per heavy atom. The van der Waals surface area contributed by atoms with Crippen molar-refractivity contribution < 1.29 is 0 Å². The summed E-state index contributed by atoms with van der Waals surface area (Å²) in [5.74, 6) is 0.852. The molecule has 0 aliphatic rings. The van der Waals surface area contributed by atoms with Gasteiger partial charge in [0.15, 0.2) is 5.96 Å². The van der Waals surface area contributed by atoms with Crippen LogP contribution in [-0.2, 0) is 19.9 Å². The Balaban J connectivity index is 0.00000300. The van der Waals surface area contributed by atoms with E-state index in [0.29, 0.717) is 0 Å². The highest BCUT2D eigenvalue weighted by Gasteiger charge is 2.14. The number of aryl methyl sites for hydroxylation is 3. The van der Waals surface area contributed by atoms with Crippen molar-refractivity contribution in [1.29, 1.82) is 0 Å². The molecule has 1 aromatic carbocycles. The van der Waals surface area contributed by atoms with Crippen LogP contribution in [-0.4, -0.2) is 40.4 Å². The predicted octanol–water partition coefficient (Wildman–Crippen LogP) is 3.87. The number of rotatable bonds is 7. The fraction of sp³-hybridized carbons (Fsp3) is 0.455. The topological polar surface area (TPSA) is 70.0 Å². The lowest BCUT2D eigenvalue weighted by Gasteiger charge is -2.18. The van der Waals surface area contributed by atoms with Crippen LogP contribution in [0.5, 0.6) is 0 Å². The Bertz CT molecular complexity index is 956. The Morgan fingerprint density at radius 2 is 2.03 bits per heavy atom. The first-order valence-electron chi connectivity index (χ1n) is 10.0. The quantitative estimate of drug-likeness (QED) is 0.197. The van der Waals surface area contributed by atoms with Crippen molar-refractivity contribution in [2.24, 2.45) is 12.0 Å². The van der Waals surface area contributed by atoms with Gasteiger partial charge in [0.05, 0.1) is 5.69 Å². The molecule has 3 aromatic rings. The molecule has 3 N–H and O–H groups in total. The number of halogens is 1. The largest absolute Gasteiger partial charge is 0.361 e. The highest BCUT2D eigenvalue weighted by atomic mass is 127. The smallest absolute Gasteiger partial charge is 0.191 e. The van der Waals surface area contributed by atoms with Crippen molar-refractivity contribution in [3.63, 3.8) is 0 Å². The van der Waals surface area contributed by atoms with Crippen LogP contribution in [0.3, 0.4) is 0 Å². The number of fused-ring (bicyclic) bond motifs is 1. The monoisotopic (exact) mass is 508 g/mol. The molecular formula is C22H33IN6. The number of H-pyrrole nitrogens is 1. The zero-order valence-electron chi connectivity index (χ0n) is 18.0. The summed E-state index contributed by atoms with van der Waals surface area (Å²) in [4.78, 5) is 7.72. The van der Waals surface area contributed by atoms with E-state index in [1.54, 1.807) is 0 Å². The molecule has 2 heterocycles. The van der Waals surface area contributed by atoms with Gasteiger partial charge in [-0.3, -0.25) is 9.67 Å². The number of hydrogen-bond acceptors (Lipinski definition) is 2. The van der Waals surface area contributed by atoms with E-state index in [1.165, 1.54) is 27.7 Å². The van der Waals surface area contributed by atoms with E-state index in [4.69, 9.17) is 0 Å². The molecule has 7 heteroatoms. The molecule has 6 nitrogen and oxygen atoms in total. The van der Waals surface area contributed by atoms with E-state index in [1.807, 2.05) is 18.8 Å². The van der Waals surface area contributed by atoms with Gasteiger partial charge in [-0.15, -0.1) is 24.0 Å². The second kappa shape index (κ2) is 10.7. The fourth-order valence-corrected chi connectivity index (χ4v) is 3.72. The Kier molecular flexibility index (Phi) is 8.55. The number of nitrogens with one attached hydrogen (secondary N) is 3. The fourth-order valence-electron chi connectivity index (χ4n) is 3.72. The van der Waals surface area contributed by atoms with Crippen LogP contribution in [0, 0.1) is 13.8 Å². The van der Waals surface area contributed by atoms with Gasteiger partial charge in [-0.05, 0) is 57.2 Å². The van der Waals surface area contributed by atoms with Crippen molar-refractivity contribution in [2.45, 2.75) is 46.1 Å². The molecule has 0 aliphatic heterocycles. The summed E-state index contributed by atoms with van der Waals surface area (Å²) in [5.41, 5.74) is 6.23. The third-order valence-corrected chi connectivity index (χ3v) is 5.37. The number of aliphatic imine (C=N–C) groups is 1. The number of benzene rings is 1. The molecule has 0 bridgehead atoms. The van der Waals surface area contributed by atoms with Gasteiger partial charge in [0, 0.05) is 49.5 Å². The van der Waals surface area contributed by atoms with Gasteiger partial charge < -0.3 is 15.6 Å². The van der Waals surface area contributed by atoms with Gasteiger partial charge in [0.25, 0.3) is 0 Å². The summed E-state index contributed by atoms with van der Waals surface area (Å²) in [6.45, 7) is 7.27. The average molecular weight is 508 g/mol. The number of para-hydroxylation sites is 1. The van der Waals surface area contributed by atoms with E-state index in [2.05, 4.69) is 76.9 Å². The molecule has 0 saturated heterocycles. The van der Waals surface area contributed by atoms with Gasteiger partial charge >= 0.3 is 0 Å². The summed E-state index contributed by atoms with van der Waals surface area (Å²) in [5, 5.41) is 12.8. The normalized spacial score (nSPS) is 12.7. The summed E-state index contributed by atoms with van der Waals surface area (Å²) in [7, 11) is 3.82. The molecular weight excluding hydrogens is 475 g/mol. The lowest BCUT2D eigenvalue weighted by atomic mass is 10.1. The second-order valence-corrected chi connectivity index (χ2v) is 7.48. The number of nitrogens with zero attached hydrogens (tertiary/aromatic N) is 3. The van der Waals surface area contributed by atoms with Crippen molar-refractivity contribution >= 4 is 40.8 Å². The third kappa shape index (κ3) is 5.74. The van der Waals surface area contributed by atoms with E-state index < -0.39 is 0 Å². The standard InChI is InChI=1S/C22H32N6.HI/c1-15(13-20-16(2)27-28(5)17(20)3)26-22(23-4)24-12-8-9-18-14-25-21-11-7-6-10-19(18)21;/h6-7,10-11,14-15,25H,8-9,12-13H2,1-5H3,(H2,23,24,26);1H. The number of hydrogen-bond donors (Lipinski definition) is 3. The minimum atomic E-state index is 0. The molecule has 1 atom stereocenters. The zero-order valence-corrected chi connectivity index (χ0v) is 20.4. The molecule has 0 spiro atoms. The van der Waals surface area contributed by atoms with Crippen molar-refractivity contribution in [3.05, 3.63) is 53.0 Å². The summed E-state index contributed by atoms with van der Waals surface area (Å²) >= 11 is 0. The van der Waals surface area contributed by atoms with E-state index in [0.717, 1.165) is 37.5 Å². The van der Waals surface area contributed by atoms with Gasteiger partial charge in [-0.25, -0.2) is 0 Å². The molecule has 0 saturated carbocycles. The lowest BCUT2D eigenvalue weighted by molar-refractivity contribution is 0.631. The van der Waals surface area contributed by atoms with E-state index in [9.17, 15) is 0 Å². The first kappa shape index (κ1) is 23.3. The molecule has 0 amide bonds. The second-order valence-electron chi connectivity index (χ2n) is 7.48. The van der Waals surface area contributed by atoms with Crippen LogP contribution in [0.2, 0.25) is 0 Å². The molecule has 3 rings (SSSR count). The predicted molar refractivity (Wildman–Crippen MR) is 132 cm³/mol. The minimum absolute atomic E-state index is 0. The Morgan fingerprint density at radius 1 is 1.28 bits per heavy atom. The highest BCUT2D eigenvalue weighted by Crippen LogP contribution is 2.18. The maximum atomic E-state index is 4.51. The molecule has 158 valence electrons. The first-order valence-corrected chi connectivity index (χ1v) is 10.0. The Hall–Kier alpha value is -2.03. The van der Waals surface area contributed by atoms with E-state index in [-0.39, 0.29) is 30.0 Å². The van der Waals surface area contributed by atoms with E-state index >= 15 is 0 Å². The summed E-state index contributed by atoms with van der Waals surface area (Å²) in [6, 6.07) is 8.74. The van der Waals surface area contributed by atoms with Gasteiger partial charge in [0.2, 0.25) is 0 Å². The average Bonchev–Trinajstić information content (AvgIpc) is 3.20. The maximum absolute atomic E-state index is 4.51. The Labute approximate surface area is 190 Å². The van der Waals surface area contributed by atoms with Crippen molar-refractivity contribution in [3.8, 4) is 0 Å². The zero-order chi connectivity index (χ0) is 20.1. The minimum Gasteiger partial charge on any atom is -0.361 e. The molecule has 0 fully saturated rings. The molecule has 1 unspecified atom stereocenters. The third-order valence-electron chi connectivity index (χ3n) is 5.37. The van der Waals surface area contributed by atoms with Crippen LogP contribution in [0.25, 0.3) is 10.9 Å². The van der Waals surface area contributed by atoms with Crippen LogP contribution >= 0.6 is 24.0 Å². The number of guanidine groups is 1. The summed E-state index contributed by atoms with van der Waals surface area (Å²) in [6.07, 6.45) is 5.15. The van der Waals surface area contributed by atoms with Crippen LogP contribution in [0.4, 0.5) is 0 Å². The number of aromatic nitrogens is 3. The highest BCUT2D eigenvalue weighted by molar-refractivity contribution is 14.0. The van der Waals surface area contributed by atoms with Gasteiger partial charge in [-0.1, -0.05) is 18.2 Å². The van der Waals surface area contributed by atoms with Crippen molar-refractivity contribution in [1.82, 2.24) is 25.4 Å². The SMILES string of the molecule is CN=C(NCCCc1c[nH]c2ccccc12)NC(C)Cc1c(C)nn(C)c1C.I.